The number of halogens is 2. The number of phenolic OH excluding ortho intramolecular Hbond substituents is 2. The van der Waals surface area contributed by atoms with Crippen molar-refractivity contribution in [3.8, 4) is 39.1 Å². The van der Waals surface area contributed by atoms with Gasteiger partial charge in [0.15, 0.2) is 11.5 Å². The number of benzene rings is 2. The monoisotopic (exact) mass is 526 g/mol. The van der Waals surface area contributed by atoms with Gasteiger partial charge in [-0.3, -0.25) is 4.79 Å². The molecule has 0 spiro atoms. The number of carbonyl (C=O) groups is 1. The number of nitrogens with zero attached hydrogens (tertiary/aromatic N) is 2. The van der Waals surface area contributed by atoms with Crippen LogP contribution in [-0.4, -0.2) is 47.2 Å². The molecule has 1 heterocycles. The zero-order valence-electron chi connectivity index (χ0n) is 15.2. The van der Waals surface area contributed by atoms with Gasteiger partial charge < -0.3 is 19.8 Å². The van der Waals surface area contributed by atoms with Crippen LogP contribution in [0.15, 0.2) is 38.6 Å². The summed E-state index contributed by atoms with van der Waals surface area (Å²) in [5.41, 5.74) is 2.54. The number of carbonyl (C=O) groups excluding carboxylic acids is 1. The molecule has 0 aliphatic heterocycles. The molecule has 6 nitrogen and oxygen atoms in total. The maximum Gasteiger partial charge on any atom is 0.257 e. The number of hydrogen-bond donors (Lipinski definition) is 2. The molecular formula is C19H16Br2N2O4S. The molecule has 9 heteroatoms. The SMILES string of the molecule is COc1ccc(-c2csc(-c3cc(Br)c(O)c(O)c3Br)n2)cc1C(=O)N(C)C. The van der Waals surface area contributed by atoms with Gasteiger partial charge >= 0.3 is 0 Å². The van der Waals surface area contributed by atoms with Crippen LogP contribution in [0.4, 0.5) is 0 Å². The minimum absolute atomic E-state index is 0.163. The fourth-order valence-electron chi connectivity index (χ4n) is 2.56. The Morgan fingerprint density at radius 2 is 1.89 bits per heavy atom. The second-order valence-corrected chi connectivity index (χ2v) is 8.58. The summed E-state index contributed by atoms with van der Waals surface area (Å²) in [7, 11) is 4.89. The van der Waals surface area contributed by atoms with E-state index in [0.717, 1.165) is 5.56 Å². The van der Waals surface area contributed by atoms with Crippen molar-refractivity contribution in [1.82, 2.24) is 9.88 Å². The minimum Gasteiger partial charge on any atom is -0.503 e. The second kappa shape index (κ2) is 8.10. The van der Waals surface area contributed by atoms with E-state index in [1.165, 1.54) is 23.3 Å². The number of methoxy groups -OCH3 is 1. The molecule has 0 atom stereocenters. The highest BCUT2D eigenvalue weighted by Crippen LogP contribution is 2.46. The summed E-state index contributed by atoms with van der Waals surface area (Å²) in [5.74, 6) is -0.170. The first-order chi connectivity index (χ1) is 13.2. The Morgan fingerprint density at radius 1 is 1.18 bits per heavy atom. The van der Waals surface area contributed by atoms with Gasteiger partial charge in [-0.25, -0.2) is 4.98 Å². The van der Waals surface area contributed by atoms with E-state index >= 15 is 0 Å². The molecular weight excluding hydrogens is 512 g/mol. The van der Waals surface area contributed by atoms with Crippen LogP contribution in [0.2, 0.25) is 0 Å². The summed E-state index contributed by atoms with van der Waals surface area (Å²) in [6.45, 7) is 0. The second-order valence-electron chi connectivity index (χ2n) is 6.07. The summed E-state index contributed by atoms with van der Waals surface area (Å²) in [4.78, 5) is 18.6. The zero-order valence-corrected chi connectivity index (χ0v) is 19.1. The van der Waals surface area contributed by atoms with Crippen LogP contribution in [0.25, 0.3) is 21.8 Å². The molecule has 146 valence electrons. The van der Waals surface area contributed by atoms with Crippen LogP contribution in [-0.2, 0) is 0 Å². The van der Waals surface area contributed by atoms with Gasteiger partial charge in [0.1, 0.15) is 10.8 Å². The van der Waals surface area contributed by atoms with Gasteiger partial charge in [0.2, 0.25) is 0 Å². The molecule has 3 aromatic rings. The number of thiazole rings is 1. The Balaban J connectivity index is 2.06. The van der Waals surface area contributed by atoms with E-state index in [1.807, 2.05) is 11.4 Å². The summed E-state index contributed by atoms with van der Waals surface area (Å²) < 4.78 is 6.03. The van der Waals surface area contributed by atoms with Crippen molar-refractivity contribution >= 4 is 49.1 Å². The molecule has 28 heavy (non-hydrogen) atoms. The van der Waals surface area contributed by atoms with Crippen molar-refractivity contribution in [1.29, 1.82) is 0 Å². The average Bonchev–Trinajstić information content (AvgIpc) is 3.17. The molecule has 0 aliphatic carbocycles. The number of hydrogen-bond acceptors (Lipinski definition) is 6. The number of aromatic hydroxyl groups is 2. The van der Waals surface area contributed by atoms with Gasteiger partial charge in [0, 0.05) is 30.6 Å². The molecule has 0 aliphatic rings. The van der Waals surface area contributed by atoms with Crippen LogP contribution >= 0.6 is 43.2 Å². The highest BCUT2D eigenvalue weighted by molar-refractivity contribution is 9.11. The van der Waals surface area contributed by atoms with Gasteiger partial charge in [0.25, 0.3) is 5.91 Å². The molecule has 2 N–H and O–H groups in total. The van der Waals surface area contributed by atoms with E-state index in [0.29, 0.717) is 36.5 Å². The van der Waals surface area contributed by atoms with Crippen LogP contribution < -0.4 is 4.74 Å². The highest BCUT2D eigenvalue weighted by Gasteiger charge is 2.19. The molecule has 0 saturated carbocycles. The third-order valence-electron chi connectivity index (χ3n) is 4.03. The Bertz CT molecular complexity index is 1070. The molecule has 0 bridgehead atoms. The molecule has 0 saturated heterocycles. The smallest absolute Gasteiger partial charge is 0.257 e. The summed E-state index contributed by atoms with van der Waals surface area (Å²) in [6.07, 6.45) is 0. The van der Waals surface area contributed by atoms with E-state index in [2.05, 4.69) is 36.8 Å². The topological polar surface area (TPSA) is 82.9 Å². The normalized spacial score (nSPS) is 10.8. The lowest BCUT2D eigenvalue weighted by Gasteiger charge is -2.14. The third-order valence-corrected chi connectivity index (χ3v) is 6.32. The van der Waals surface area contributed by atoms with E-state index < -0.39 is 0 Å². The van der Waals surface area contributed by atoms with Crippen molar-refractivity contribution in [2.75, 3.05) is 21.2 Å². The Labute approximate surface area is 182 Å². The molecule has 1 amide bonds. The van der Waals surface area contributed by atoms with Gasteiger partial charge in [0.05, 0.1) is 27.3 Å². The van der Waals surface area contributed by atoms with Gasteiger partial charge in [-0.15, -0.1) is 11.3 Å². The summed E-state index contributed by atoms with van der Waals surface area (Å²) in [6, 6.07) is 7.00. The van der Waals surface area contributed by atoms with Crippen LogP contribution in [0.3, 0.4) is 0 Å². The van der Waals surface area contributed by atoms with Gasteiger partial charge in [-0.1, -0.05) is 0 Å². The average molecular weight is 528 g/mol. The van der Waals surface area contributed by atoms with Crippen LogP contribution in [0.1, 0.15) is 10.4 Å². The maximum atomic E-state index is 12.5. The molecule has 0 unspecified atom stereocenters. The van der Waals surface area contributed by atoms with Crippen molar-refractivity contribution in [3.05, 3.63) is 44.2 Å². The van der Waals surface area contributed by atoms with E-state index in [-0.39, 0.29) is 17.4 Å². The number of ether oxygens (including phenoxy) is 1. The van der Waals surface area contributed by atoms with E-state index in [9.17, 15) is 15.0 Å². The van der Waals surface area contributed by atoms with Crippen LogP contribution in [0, 0.1) is 0 Å². The fraction of sp³-hybridized carbons (Fsp3) is 0.158. The minimum atomic E-state index is -0.260. The highest BCUT2D eigenvalue weighted by atomic mass is 79.9. The van der Waals surface area contributed by atoms with Crippen LogP contribution in [0.5, 0.6) is 17.2 Å². The first-order valence-corrected chi connectivity index (χ1v) is 10.5. The lowest BCUT2D eigenvalue weighted by molar-refractivity contribution is 0.0824. The van der Waals surface area contributed by atoms with Gasteiger partial charge in [-0.2, -0.15) is 0 Å². The Morgan fingerprint density at radius 3 is 2.54 bits per heavy atom. The molecule has 1 aromatic heterocycles. The van der Waals surface area contributed by atoms with Crippen molar-refractivity contribution in [2.45, 2.75) is 0 Å². The number of rotatable bonds is 4. The molecule has 3 rings (SSSR count). The molecule has 0 radical (unpaired) electrons. The van der Waals surface area contributed by atoms with Crippen molar-refractivity contribution in [2.24, 2.45) is 0 Å². The maximum absolute atomic E-state index is 12.5. The fourth-order valence-corrected chi connectivity index (χ4v) is 4.45. The van der Waals surface area contributed by atoms with Gasteiger partial charge in [-0.05, 0) is 56.1 Å². The van der Waals surface area contributed by atoms with E-state index in [1.54, 1.807) is 32.3 Å². The Kier molecular flexibility index (Phi) is 5.97. The van der Waals surface area contributed by atoms with Crippen molar-refractivity contribution in [3.63, 3.8) is 0 Å². The molecule has 2 aromatic carbocycles. The first-order valence-electron chi connectivity index (χ1n) is 8.00. The third kappa shape index (κ3) is 3.74. The summed E-state index contributed by atoms with van der Waals surface area (Å²) in [5, 5.41) is 22.4. The predicted octanol–water partition coefficient (Wildman–Crippen LogP) is 5.12. The number of phenols is 2. The lowest BCUT2D eigenvalue weighted by Crippen LogP contribution is -2.22. The van der Waals surface area contributed by atoms with Crippen molar-refractivity contribution < 1.29 is 19.7 Å². The zero-order chi connectivity index (χ0) is 20.6. The number of amides is 1. The molecule has 0 fully saturated rings. The standard InChI is InChI=1S/C19H16Br2N2O4S/c1-23(2)19(26)10-6-9(4-5-14(10)27-3)13-8-28-18(22-13)11-7-12(20)16(24)17(25)15(11)21/h4-8,24-25H,1-3H3. The Hall–Kier alpha value is -2.10. The first kappa shape index (κ1) is 20.6. The number of aromatic nitrogens is 1. The summed E-state index contributed by atoms with van der Waals surface area (Å²) >= 11 is 7.91. The largest absolute Gasteiger partial charge is 0.503 e. The lowest BCUT2D eigenvalue weighted by atomic mass is 10.1. The predicted molar refractivity (Wildman–Crippen MR) is 116 cm³/mol. The quantitative estimate of drug-likeness (QED) is 0.460. The van der Waals surface area contributed by atoms with E-state index in [4.69, 9.17) is 4.74 Å².